The van der Waals surface area contributed by atoms with Gasteiger partial charge in [-0.15, -0.1) is 0 Å². The maximum Gasteiger partial charge on any atom is 0.244 e. The molecule has 0 heterocycles. The number of carbonyl (C=O) groups is 1. The fraction of sp³-hybridized carbons (Fsp3) is 0.381. The van der Waals surface area contributed by atoms with Crippen molar-refractivity contribution in [3.63, 3.8) is 0 Å². The molecule has 0 aliphatic heterocycles. The van der Waals surface area contributed by atoms with Crippen LogP contribution in [0, 0.1) is 13.8 Å². The lowest BCUT2D eigenvalue weighted by Gasteiger charge is -2.24. The lowest BCUT2D eigenvalue weighted by atomic mass is 10.2. The van der Waals surface area contributed by atoms with E-state index in [1.165, 1.54) is 4.31 Å². The molecular weight excluding hydrogens is 376 g/mol. The second-order valence-corrected chi connectivity index (χ2v) is 8.86. The number of benzene rings is 2. The highest BCUT2D eigenvalue weighted by Gasteiger charge is 2.28. The van der Waals surface area contributed by atoms with E-state index in [1.807, 2.05) is 50.2 Å². The van der Waals surface area contributed by atoms with Gasteiger partial charge in [-0.1, -0.05) is 42.5 Å². The van der Waals surface area contributed by atoms with Crippen molar-refractivity contribution in [3.05, 3.63) is 65.2 Å². The number of sulfonamides is 1. The Hall–Kier alpha value is -2.22. The molecule has 0 spiro atoms. The van der Waals surface area contributed by atoms with Crippen LogP contribution in [0.25, 0.3) is 0 Å². The van der Waals surface area contributed by atoms with Crippen LogP contribution >= 0.6 is 0 Å². The highest BCUT2D eigenvalue weighted by atomic mass is 32.2. The van der Waals surface area contributed by atoms with Crippen LogP contribution < -0.4 is 5.32 Å². The summed E-state index contributed by atoms with van der Waals surface area (Å²) in [5, 5.41) is 2.78. The minimum atomic E-state index is -3.85. The van der Waals surface area contributed by atoms with Gasteiger partial charge in [0, 0.05) is 19.7 Å². The quantitative estimate of drug-likeness (QED) is 0.697. The number of hydrogen-bond acceptors (Lipinski definition) is 4. The van der Waals surface area contributed by atoms with Crippen molar-refractivity contribution in [3.8, 4) is 0 Å². The molecule has 7 heteroatoms. The fourth-order valence-electron chi connectivity index (χ4n) is 2.91. The summed E-state index contributed by atoms with van der Waals surface area (Å²) in [4.78, 5) is 12.7. The molecule has 1 unspecified atom stereocenters. The first kappa shape index (κ1) is 22.1. The van der Waals surface area contributed by atoms with Gasteiger partial charge in [0.1, 0.15) is 0 Å². The zero-order valence-corrected chi connectivity index (χ0v) is 17.6. The number of aryl methyl sites for hydroxylation is 2. The first-order valence-electron chi connectivity index (χ1n) is 9.13. The minimum Gasteiger partial charge on any atom is -0.383 e. The molecule has 1 N–H and O–H groups in total. The van der Waals surface area contributed by atoms with E-state index in [1.54, 1.807) is 26.2 Å². The standard InChI is InChI=1S/C21H28N2O4S/c1-16-10-11-17(2)20(12-16)28(25,26)23(13-19-8-6-5-7-9-19)14-21(24)22-18(3)15-27-4/h5-12,18H,13-15H2,1-4H3,(H,22,24). The van der Waals surface area contributed by atoms with Gasteiger partial charge in [0.05, 0.1) is 18.0 Å². The topological polar surface area (TPSA) is 75.7 Å². The normalized spacial score (nSPS) is 12.8. The van der Waals surface area contributed by atoms with E-state index in [9.17, 15) is 13.2 Å². The van der Waals surface area contributed by atoms with E-state index < -0.39 is 10.0 Å². The van der Waals surface area contributed by atoms with Crippen molar-refractivity contribution < 1.29 is 17.9 Å². The number of nitrogens with zero attached hydrogens (tertiary/aromatic N) is 1. The first-order chi connectivity index (χ1) is 13.2. The number of carbonyl (C=O) groups excluding carboxylic acids is 1. The van der Waals surface area contributed by atoms with E-state index in [-0.39, 0.29) is 29.9 Å². The van der Waals surface area contributed by atoms with Crippen molar-refractivity contribution >= 4 is 15.9 Å². The third kappa shape index (κ3) is 5.89. The van der Waals surface area contributed by atoms with Gasteiger partial charge in [-0.2, -0.15) is 4.31 Å². The van der Waals surface area contributed by atoms with Crippen molar-refractivity contribution in [2.75, 3.05) is 20.3 Å². The van der Waals surface area contributed by atoms with Gasteiger partial charge < -0.3 is 10.1 Å². The van der Waals surface area contributed by atoms with Gasteiger partial charge in [-0.3, -0.25) is 4.79 Å². The minimum absolute atomic E-state index is 0.114. The van der Waals surface area contributed by atoms with Crippen LogP contribution in [0.4, 0.5) is 0 Å². The molecule has 0 radical (unpaired) electrons. The lowest BCUT2D eigenvalue weighted by molar-refractivity contribution is -0.122. The van der Waals surface area contributed by atoms with Crippen LogP contribution in [0.2, 0.25) is 0 Å². The number of methoxy groups -OCH3 is 1. The zero-order chi connectivity index (χ0) is 20.7. The van der Waals surface area contributed by atoms with Crippen molar-refractivity contribution in [1.29, 1.82) is 0 Å². The van der Waals surface area contributed by atoms with Gasteiger partial charge in [0.15, 0.2) is 0 Å². The molecule has 6 nitrogen and oxygen atoms in total. The summed E-state index contributed by atoms with van der Waals surface area (Å²) in [5.41, 5.74) is 2.31. The molecule has 1 atom stereocenters. The summed E-state index contributed by atoms with van der Waals surface area (Å²) >= 11 is 0. The molecule has 0 saturated heterocycles. The Labute approximate surface area is 167 Å². The Morgan fingerprint density at radius 3 is 2.46 bits per heavy atom. The molecule has 0 bridgehead atoms. The predicted molar refractivity (Wildman–Crippen MR) is 109 cm³/mol. The summed E-state index contributed by atoms with van der Waals surface area (Å²) in [6, 6.07) is 14.3. The van der Waals surface area contributed by atoms with E-state index in [4.69, 9.17) is 4.74 Å². The van der Waals surface area contributed by atoms with Crippen LogP contribution in [0.5, 0.6) is 0 Å². The van der Waals surface area contributed by atoms with Gasteiger partial charge in [-0.05, 0) is 43.5 Å². The van der Waals surface area contributed by atoms with Gasteiger partial charge in [0.2, 0.25) is 15.9 Å². The monoisotopic (exact) mass is 404 g/mol. The summed E-state index contributed by atoms with van der Waals surface area (Å²) < 4.78 is 33.0. The molecule has 2 aromatic rings. The molecule has 1 amide bonds. The van der Waals surface area contributed by atoms with Crippen LogP contribution in [-0.2, 0) is 26.1 Å². The number of amides is 1. The molecule has 28 heavy (non-hydrogen) atoms. The molecule has 0 aliphatic rings. The Balaban J connectivity index is 2.34. The van der Waals surface area contributed by atoms with Crippen molar-refractivity contribution in [2.45, 2.75) is 38.3 Å². The van der Waals surface area contributed by atoms with E-state index >= 15 is 0 Å². The van der Waals surface area contributed by atoms with Crippen LogP contribution in [0.15, 0.2) is 53.4 Å². The fourth-order valence-corrected chi connectivity index (χ4v) is 4.60. The summed E-state index contributed by atoms with van der Waals surface area (Å²) in [6.45, 7) is 5.62. The Morgan fingerprint density at radius 1 is 1.14 bits per heavy atom. The summed E-state index contributed by atoms with van der Waals surface area (Å²) in [5.74, 6) is -0.366. The molecular formula is C21H28N2O4S. The molecule has 2 aromatic carbocycles. The van der Waals surface area contributed by atoms with E-state index in [0.29, 0.717) is 12.2 Å². The number of nitrogens with one attached hydrogen (secondary N) is 1. The Morgan fingerprint density at radius 2 is 1.82 bits per heavy atom. The van der Waals surface area contributed by atoms with Crippen LogP contribution in [0.1, 0.15) is 23.6 Å². The molecule has 0 fully saturated rings. The van der Waals surface area contributed by atoms with Gasteiger partial charge in [-0.25, -0.2) is 8.42 Å². The Bertz CT molecular complexity index is 898. The second-order valence-electron chi connectivity index (χ2n) is 6.95. The highest BCUT2D eigenvalue weighted by Crippen LogP contribution is 2.23. The third-order valence-corrected chi connectivity index (χ3v) is 6.24. The smallest absolute Gasteiger partial charge is 0.244 e. The van der Waals surface area contributed by atoms with Crippen molar-refractivity contribution in [1.82, 2.24) is 9.62 Å². The first-order valence-corrected chi connectivity index (χ1v) is 10.6. The number of hydrogen-bond donors (Lipinski definition) is 1. The largest absolute Gasteiger partial charge is 0.383 e. The highest BCUT2D eigenvalue weighted by molar-refractivity contribution is 7.89. The average Bonchev–Trinajstić information content (AvgIpc) is 2.64. The average molecular weight is 405 g/mol. The molecule has 0 saturated carbocycles. The van der Waals surface area contributed by atoms with Crippen LogP contribution in [0.3, 0.4) is 0 Å². The van der Waals surface area contributed by atoms with Gasteiger partial charge >= 0.3 is 0 Å². The molecule has 0 aromatic heterocycles. The van der Waals surface area contributed by atoms with Crippen molar-refractivity contribution in [2.24, 2.45) is 0 Å². The van der Waals surface area contributed by atoms with E-state index in [2.05, 4.69) is 5.32 Å². The maximum absolute atomic E-state index is 13.4. The molecule has 0 aliphatic carbocycles. The number of rotatable bonds is 9. The second kappa shape index (κ2) is 9.82. The number of ether oxygens (including phenoxy) is 1. The third-order valence-electron chi connectivity index (χ3n) is 4.31. The summed E-state index contributed by atoms with van der Waals surface area (Å²) in [6.07, 6.45) is 0. The molecule has 2 rings (SSSR count). The predicted octanol–water partition coefficient (Wildman–Crippen LogP) is 2.65. The van der Waals surface area contributed by atoms with Gasteiger partial charge in [0.25, 0.3) is 0 Å². The summed E-state index contributed by atoms with van der Waals surface area (Å²) in [7, 11) is -2.30. The Kier molecular flexibility index (Phi) is 7.74. The zero-order valence-electron chi connectivity index (χ0n) is 16.8. The lowest BCUT2D eigenvalue weighted by Crippen LogP contribution is -2.44. The maximum atomic E-state index is 13.4. The SMILES string of the molecule is COCC(C)NC(=O)CN(Cc1ccccc1)S(=O)(=O)c1cc(C)ccc1C. The van der Waals surface area contributed by atoms with E-state index in [0.717, 1.165) is 11.1 Å². The molecule has 152 valence electrons. The van der Waals surface area contributed by atoms with Crippen LogP contribution in [-0.4, -0.2) is 44.9 Å².